The highest BCUT2D eigenvalue weighted by Gasteiger charge is 2.65. The highest BCUT2D eigenvalue weighted by atomic mass is 32.5. The molecule has 0 aliphatic carbocycles. The average Bonchev–Trinajstić information content (AvgIpc) is 2.75. The van der Waals surface area contributed by atoms with Crippen molar-refractivity contribution in [3.8, 4) is 5.75 Å². The van der Waals surface area contributed by atoms with Gasteiger partial charge in [-0.1, -0.05) is 44.6 Å². The van der Waals surface area contributed by atoms with Crippen molar-refractivity contribution in [1.29, 1.82) is 0 Å². The normalized spacial score (nSPS) is 14.5. The maximum absolute atomic E-state index is 13.9. The van der Waals surface area contributed by atoms with Crippen molar-refractivity contribution in [2.45, 2.75) is 30.7 Å². The Balaban J connectivity index is 1.80. The number of ether oxygens (including phenoxy) is 1. The van der Waals surface area contributed by atoms with Crippen molar-refractivity contribution < 1.29 is 33.4 Å². The third-order valence-corrected chi connectivity index (χ3v) is 6.22. The van der Waals surface area contributed by atoms with Crippen LogP contribution >= 0.6 is 10.2 Å². The number of nitrogens with one attached hydrogen (secondary N) is 2. The average molecular weight is 521 g/mol. The predicted molar refractivity (Wildman–Crippen MR) is 119 cm³/mol. The molecule has 0 aliphatic heterocycles. The molecule has 0 radical (unpaired) electrons. The Morgan fingerprint density at radius 3 is 2.29 bits per heavy atom. The molecule has 2 aromatic carbocycles. The third-order valence-electron chi connectivity index (χ3n) is 5.05. The smallest absolute Gasteiger partial charge is 0.310 e. The van der Waals surface area contributed by atoms with Crippen LogP contribution in [0.3, 0.4) is 0 Å². The van der Waals surface area contributed by atoms with Gasteiger partial charge >= 0.3 is 10.2 Å². The van der Waals surface area contributed by atoms with Crippen molar-refractivity contribution in [3.05, 3.63) is 87.3 Å². The lowest BCUT2D eigenvalue weighted by Crippen LogP contribution is -2.30. The van der Waals surface area contributed by atoms with Crippen LogP contribution in [0.1, 0.15) is 46.8 Å². The van der Waals surface area contributed by atoms with Crippen LogP contribution < -0.4 is 15.6 Å². The molecule has 0 fully saturated rings. The zero-order chi connectivity index (χ0) is 26.1. The van der Waals surface area contributed by atoms with E-state index in [0.717, 1.165) is 18.2 Å². The molecule has 6 nitrogen and oxygen atoms in total. The van der Waals surface area contributed by atoms with Gasteiger partial charge in [-0.05, 0) is 41.8 Å². The molecule has 0 saturated carbocycles. The lowest BCUT2D eigenvalue weighted by molar-refractivity contribution is 0.0929. The van der Waals surface area contributed by atoms with Gasteiger partial charge in [-0.25, -0.2) is 9.37 Å². The third kappa shape index (κ3) is 6.56. The van der Waals surface area contributed by atoms with Gasteiger partial charge in [-0.2, -0.15) is 0 Å². The minimum atomic E-state index is -9.82. The molecule has 35 heavy (non-hydrogen) atoms. The molecular formula is C22H21F6N3O3S. The lowest BCUT2D eigenvalue weighted by atomic mass is 10.0. The van der Waals surface area contributed by atoms with E-state index >= 15 is 0 Å². The molecule has 2 N–H and O–H groups in total. The van der Waals surface area contributed by atoms with Crippen molar-refractivity contribution in [2.75, 3.05) is 7.11 Å². The number of H-pyrrole nitrogens is 1. The molecule has 1 amide bonds. The first-order valence-electron chi connectivity index (χ1n) is 10.2. The largest absolute Gasteiger partial charge is 0.494 e. The Kier molecular flexibility index (Phi) is 6.44. The maximum atomic E-state index is 13.9. The monoisotopic (exact) mass is 521 g/mol. The van der Waals surface area contributed by atoms with Crippen LogP contribution in [0.2, 0.25) is 0 Å². The first-order valence-corrected chi connectivity index (χ1v) is 12.1. The first-order chi connectivity index (χ1) is 16.1. The highest BCUT2D eigenvalue weighted by molar-refractivity contribution is 8.45. The molecule has 1 aromatic heterocycles. The van der Waals surface area contributed by atoms with Crippen LogP contribution in [0.4, 0.5) is 23.8 Å². The summed E-state index contributed by atoms with van der Waals surface area (Å²) < 4.78 is 83.5. The SMILES string of the molecule is CCC(NC(=O)c1cc(=O)[nH]c(Cc2ccc(OC)c(F)c2)n1)c1ccc(S(F)(F)(F)(F)F)cc1. The van der Waals surface area contributed by atoms with E-state index in [-0.39, 0.29) is 47.8 Å². The second-order valence-corrected chi connectivity index (χ2v) is 10.1. The number of aromatic nitrogens is 2. The fraction of sp³-hybridized carbons (Fsp3) is 0.227. The quantitative estimate of drug-likeness (QED) is 0.354. The van der Waals surface area contributed by atoms with E-state index in [9.17, 15) is 33.4 Å². The van der Waals surface area contributed by atoms with Gasteiger partial charge in [0.2, 0.25) is 0 Å². The molecule has 0 spiro atoms. The van der Waals surface area contributed by atoms with Gasteiger partial charge in [-0.3, -0.25) is 9.59 Å². The van der Waals surface area contributed by atoms with Crippen LogP contribution in [0.25, 0.3) is 0 Å². The summed E-state index contributed by atoms with van der Waals surface area (Å²) in [5.74, 6) is -1.33. The Morgan fingerprint density at radius 1 is 1.09 bits per heavy atom. The first kappa shape index (κ1) is 26.1. The van der Waals surface area contributed by atoms with Gasteiger partial charge in [0, 0.05) is 12.5 Å². The van der Waals surface area contributed by atoms with Gasteiger partial charge in [0.15, 0.2) is 11.6 Å². The van der Waals surface area contributed by atoms with Crippen LogP contribution in [0.15, 0.2) is 58.2 Å². The standard InChI is InChI=1S/C22H21F6N3O3S/c1-3-17(14-5-7-15(8-6-14)35(24,25,26,27)28)30-22(33)18-12-21(32)31-20(29-18)11-13-4-9-19(34-2)16(23)10-13/h4-10,12,17H,3,11H2,1-2H3,(H,30,33)(H,29,31,32). The topological polar surface area (TPSA) is 84.1 Å². The summed E-state index contributed by atoms with van der Waals surface area (Å²) in [6, 6.07) is 6.48. The fourth-order valence-electron chi connectivity index (χ4n) is 3.33. The van der Waals surface area contributed by atoms with Gasteiger partial charge in [-0.15, -0.1) is 0 Å². The molecule has 190 valence electrons. The second-order valence-electron chi connectivity index (χ2n) is 7.70. The highest BCUT2D eigenvalue weighted by Crippen LogP contribution is 3.02. The zero-order valence-electron chi connectivity index (χ0n) is 18.5. The van der Waals surface area contributed by atoms with Gasteiger partial charge in [0.1, 0.15) is 16.4 Å². The van der Waals surface area contributed by atoms with E-state index in [4.69, 9.17) is 4.74 Å². The van der Waals surface area contributed by atoms with Crippen LogP contribution in [-0.4, -0.2) is 23.0 Å². The van der Waals surface area contributed by atoms with Crippen molar-refractivity contribution in [3.63, 3.8) is 0 Å². The Hall–Kier alpha value is -3.48. The fourth-order valence-corrected chi connectivity index (χ4v) is 3.98. The van der Waals surface area contributed by atoms with E-state index < -0.39 is 38.4 Å². The summed E-state index contributed by atoms with van der Waals surface area (Å²) in [5, 5.41) is 2.53. The van der Waals surface area contributed by atoms with Crippen molar-refractivity contribution in [1.82, 2.24) is 15.3 Å². The molecule has 0 bridgehead atoms. The molecule has 1 unspecified atom stereocenters. The van der Waals surface area contributed by atoms with Crippen LogP contribution in [0, 0.1) is 5.82 Å². The van der Waals surface area contributed by atoms with Gasteiger partial charge in [0.25, 0.3) is 11.5 Å². The number of methoxy groups -OCH3 is 1. The molecule has 1 atom stereocenters. The van der Waals surface area contributed by atoms with Gasteiger partial charge < -0.3 is 15.0 Å². The number of nitrogens with zero attached hydrogens (tertiary/aromatic N) is 1. The summed E-state index contributed by atoms with van der Waals surface area (Å²) in [7, 11) is -8.51. The summed E-state index contributed by atoms with van der Waals surface area (Å²) in [6.07, 6.45) is 0.201. The Morgan fingerprint density at radius 2 is 1.74 bits per heavy atom. The van der Waals surface area contributed by atoms with E-state index in [2.05, 4.69) is 15.3 Å². The summed E-state index contributed by atoms with van der Waals surface area (Å²) in [5.41, 5.74) is -0.327. The summed E-state index contributed by atoms with van der Waals surface area (Å²) in [4.78, 5) is 29.3. The number of aromatic amines is 1. The zero-order valence-corrected chi connectivity index (χ0v) is 19.3. The number of halogens is 6. The number of hydrogen-bond acceptors (Lipinski definition) is 4. The minimum Gasteiger partial charge on any atom is -0.494 e. The van der Waals surface area contributed by atoms with E-state index in [0.29, 0.717) is 5.56 Å². The maximum Gasteiger partial charge on any atom is 0.310 e. The number of benzene rings is 2. The summed E-state index contributed by atoms with van der Waals surface area (Å²) in [6.45, 7) is 1.62. The number of rotatable bonds is 8. The Bertz CT molecular complexity index is 1310. The van der Waals surface area contributed by atoms with Crippen LogP contribution in [-0.2, 0) is 6.42 Å². The predicted octanol–water partition coefficient (Wildman–Crippen LogP) is 6.05. The molecule has 0 saturated heterocycles. The van der Waals surface area contributed by atoms with E-state index in [1.165, 1.54) is 19.2 Å². The molecule has 3 rings (SSSR count). The molecule has 3 aromatic rings. The number of carbonyl (C=O) groups is 1. The number of hydrogen-bond donors (Lipinski definition) is 2. The van der Waals surface area contributed by atoms with Crippen LogP contribution in [0.5, 0.6) is 5.75 Å². The van der Waals surface area contributed by atoms with Gasteiger partial charge in [0.05, 0.1) is 13.2 Å². The van der Waals surface area contributed by atoms with E-state index in [1.54, 1.807) is 13.0 Å². The Labute approximate surface area is 196 Å². The van der Waals surface area contributed by atoms with Crippen molar-refractivity contribution in [2.24, 2.45) is 0 Å². The minimum absolute atomic E-state index is 0.00960. The number of amides is 1. The van der Waals surface area contributed by atoms with E-state index in [1.807, 2.05) is 0 Å². The molecule has 13 heteroatoms. The second kappa shape index (κ2) is 8.63. The molecule has 0 aliphatic rings. The lowest BCUT2D eigenvalue weighted by Gasteiger charge is -2.40. The van der Waals surface area contributed by atoms with Crippen molar-refractivity contribution >= 4 is 16.1 Å². The molecule has 1 heterocycles. The number of carbonyl (C=O) groups excluding carboxylic acids is 1. The summed E-state index contributed by atoms with van der Waals surface area (Å²) >= 11 is 0. The molecular weight excluding hydrogens is 500 g/mol.